The summed E-state index contributed by atoms with van der Waals surface area (Å²) in [7, 11) is 0. The van der Waals surface area contributed by atoms with Gasteiger partial charge in [-0.25, -0.2) is 13.8 Å². The van der Waals surface area contributed by atoms with Gasteiger partial charge in [0.2, 0.25) is 5.91 Å². The van der Waals surface area contributed by atoms with Gasteiger partial charge in [-0.15, -0.1) is 0 Å². The number of benzene rings is 2. The maximum absolute atomic E-state index is 13.9. The molecule has 0 unspecified atom stereocenters. The monoisotopic (exact) mass is 395 g/mol. The van der Waals surface area contributed by atoms with Gasteiger partial charge < -0.3 is 9.88 Å². The highest BCUT2D eigenvalue weighted by Crippen LogP contribution is 2.35. The van der Waals surface area contributed by atoms with Crippen molar-refractivity contribution in [3.05, 3.63) is 83.4 Å². The van der Waals surface area contributed by atoms with Crippen LogP contribution in [0.2, 0.25) is 0 Å². The molecule has 2 heterocycles. The number of aromatic nitrogens is 2. The Kier molecular flexibility index (Phi) is 5.43. The molecule has 1 aliphatic rings. The van der Waals surface area contributed by atoms with Gasteiger partial charge in [0.15, 0.2) is 0 Å². The lowest BCUT2D eigenvalue weighted by atomic mass is 9.91. The lowest BCUT2D eigenvalue weighted by molar-refractivity contribution is -0.116. The minimum absolute atomic E-state index is 0.138. The zero-order valence-corrected chi connectivity index (χ0v) is 16.2. The first kappa shape index (κ1) is 19.3. The molecular formula is C23H23F2N3O. The Morgan fingerprint density at radius 2 is 2.00 bits per heavy atom. The normalized spacial score (nSPS) is 16.9. The standard InChI is InChI=1S/C23H23F2N3O/c1-15-4-2-7-22-26-14-21(28(15)22)20(16-5-3-6-18(25)12-16)13-23(29)27-19-10-8-17(24)9-11-19/h3,5-6,8-12,14-15,20H,2,4,7,13H2,1H3,(H,27,29)/t15-,20+/m1/s1. The quantitative estimate of drug-likeness (QED) is 0.644. The molecule has 0 spiro atoms. The van der Waals surface area contributed by atoms with Crippen molar-refractivity contribution in [2.45, 2.75) is 44.6 Å². The molecule has 0 aliphatic carbocycles. The van der Waals surface area contributed by atoms with Gasteiger partial charge in [0.25, 0.3) is 0 Å². The number of aryl methyl sites for hydroxylation is 1. The summed E-state index contributed by atoms with van der Waals surface area (Å²) in [6.45, 7) is 2.15. The summed E-state index contributed by atoms with van der Waals surface area (Å²) >= 11 is 0. The number of amides is 1. The molecule has 0 radical (unpaired) electrons. The van der Waals surface area contributed by atoms with E-state index < -0.39 is 0 Å². The summed E-state index contributed by atoms with van der Waals surface area (Å²) in [6.07, 6.45) is 5.00. The van der Waals surface area contributed by atoms with Crippen LogP contribution in [0.4, 0.5) is 14.5 Å². The number of imidazole rings is 1. The number of rotatable bonds is 5. The van der Waals surface area contributed by atoms with Crippen molar-refractivity contribution in [3.63, 3.8) is 0 Å². The van der Waals surface area contributed by atoms with Crippen molar-refractivity contribution < 1.29 is 13.6 Å². The van der Waals surface area contributed by atoms with Crippen LogP contribution in [0.3, 0.4) is 0 Å². The minimum Gasteiger partial charge on any atom is -0.329 e. The van der Waals surface area contributed by atoms with E-state index in [9.17, 15) is 13.6 Å². The van der Waals surface area contributed by atoms with E-state index in [1.807, 2.05) is 12.3 Å². The van der Waals surface area contributed by atoms with E-state index in [2.05, 4.69) is 21.8 Å². The molecule has 1 amide bonds. The number of anilines is 1. The highest BCUT2D eigenvalue weighted by molar-refractivity contribution is 5.91. The molecule has 3 aromatic rings. The van der Waals surface area contributed by atoms with Crippen LogP contribution in [0.25, 0.3) is 0 Å². The third kappa shape index (κ3) is 4.21. The zero-order valence-electron chi connectivity index (χ0n) is 16.2. The summed E-state index contributed by atoms with van der Waals surface area (Å²) in [5, 5.41) is 2.81. The van der Waals surface area contributed by atoms with E-state index in [0.29, 0.717) is 5.69 Å². The number of fused-ring (bicyclic) bond motifs is 1. The molecule has 1 aromatic heterocycles. The first-order valence-electron chi connectivity index (χ1n) is 9.88. The van der Waals surface area contributed by atoms with Crippen LogP contribution in [-0.4, -0.2) is 15.5 Å². The second-order valence-electron chi connectivity index (χ2n) is 7.58. The van der Waals surface area contributed by atoms with Gasteiger partial charge in [-0.2, -0.15) is 0 Å². The fourth-order valence-corrected chi connectivity index (χ4v) is 4.10. The van der Waals surface area contributed by atoms with Crippen LogP contribution in [0.5, 0.6) is 0 Å². The van der Waals surface area contributed by atoms with Crippen molar-refractivity contribution in [2.24, 2.45) is 0 Å². The molecule has 0 fully saturated rings. The van der Waals surface area contributed by atoms with E-state index in [0.717, 1.165) is 36.3 Å². The number of nitrogens with zero attached hydrogens (tertiary/aromatic N) is 2. The highest BCUT2D eigenvalue weighted by Gasteiger charge is 2.27. The number of carbonyl (C=O) groups is 1. The van der Waals surface area contributed by atoms with Crippen molar-refractivity contribution in [1.82, 2.24) is 9.55 Å². The van der Waals surface area contributed by atoms with Crippen LogP contribution in [0.1, 0.15) is 55.2 Å². The van der Waals surface area contributed by atoms with Crippen LogP contribution in [0.15, 0.2) is 54.7 Å². The summed E-state index contributed by atoms with van der Waals surface area (Å²) in [5.74, 6) is -0.227. The molecule has 1 N–H and O–H groups in total. The molecule has 2 atom stereocenters. The van der Waals surface area contributed by atoms with E-state index in [1.54, 1.807) is 6.07 Å². The maximum atomic E-state index is 13.9. The molecule has 4 nitrogen and oxygen atoms in total. The first-order valence-corrected chi connectivity index (χ1v) is 9.88. The highest BCUT2D eigenvalue weighted by atomic mass is 19.1. The summed E-state index contributed by atoms with van der Waals surface area (Å²) in [5.41, 5.74) is 2.19. The van der Waals surface area contributed by atoms with E-state index in [-0.39, 0.29) is 35.9 Å². The molecule has 2 aromatic carbocycles. The third-order valence-electron chi connectivity index (χ3n) is 5.49. The fourth-order valence-electron chi connectivity index (χ4n) is 4.10. The van der Waals surface area contributed by atoms with Crippen molar-refractivity contribution in [2.75, 3.05) is 5.32 Å². The van der Waals surface area contributed by atoms with Crippen LogP contribution < -0.4 is 5.32 Å². The van der Waals surface area contributed by atoms with Crippen LogP contribution in [0, 0.1) is 11.6 Å². The predicted octanol–water partition coefficient (Wildman–Crippen LogP) is 5.22. The van der Waals surface area contributed by atoms with Crippen molar-refractivity contribution in [3.8, 4) is 0 Å². The topological polar surface area (TPSA) is 46.9 Å². The largest absolute Gasteiger partial charge is 0.329 e. The number of carbonyl (C=O) groups excluding carboxylic acids is 1. The minimum atomic E-state index is -0.361. The van der Waals surface area contributed by atoms with Gasteiger partial charge in [0.05, 0.1) is 0 Å². The molecule has 0 bridgehead atoms. The Labute approximate surface area is 168 Å². The predicted molar refractivity (Wildman–Crippen MR) is 108 cm³/mol. The first-order chi connectivity index (χ1) is 14.0. The Morgan fingerprint density at radius 3 is 2.76 bits per heavy atom. The Balaban J connectivity index is 1.65. The Bertz CT molecular complexity index is 1010. The summed E-state index contributed by atoms with van der Waals surface area (Å²) in [4.78, 5) is 17.4. The number of halogens is 2. The van der Waals surface area contributed by atoms with Gasteiger partial charge >= 0.3 is 0 Å². The van der Waals surface area contributed by atoms with Gasteiger partial charge in [-0.3, -0.25) is 4.79 Å². The zero-order chi connectivity index (χ0) is 20.4. The van der Waals surface area contributed by atoms with Crippen LogP contribution in [-0.2, 0) is 11.2 Å². The maximum Gasteiger partial charge on any atom is 0.225 e. The Morgan fingerprint density at radius 1 is 1.21 bits per heavy atom. The average molecular weight is 395 g/mol. The summed E-state index contributed by atoms with van der Waals surface area (Å²) in [6, 6.07) is 12.3. The number of hydrogen-bond donors (Lipinski definition) is 1. The molecule has 0 saturated carbocycles. The summed E-state index contributed by atoms with van der Waals surface area (Å²) < 4.78 is 29.3. The molecule has 4 rings (SSSR count). The lowest BCUT2D eigenvalue weighted by Crippen LogP contribution is -2.22. The average Bonchev–Trinajstić information content (AvgIpc) is 3.13. The van der Waals surface area contributed by atoms with Gasteiger partial charge in [0, 0.05) is 42.4 Å². The Hall–Kier alpha value is -3.02. The second-order valence-corrected chi connectivity index (χ2v) is 7.58. The molecule has 150 valence electrons. The van der Waals surface area contributed by atoms with Gasteiger partial charge in [-0.05, 0) is 61.7 Å². The lowest BCUT2D eigenvalue weighted by Gasteiger charge is -2.27. The SMILES string of the molecule is C[C@@H]1CCCc2ncc([C@@H](CC(=O)Nc3ccc(F)cc3)c3cccc(F)c3)n21. The second kappa shape index (κ2) is 8.15. The van der Waals surface area contributed by atoms with Crippen LogP contribution >= 0.6 is 0 Å². The number of nitrogens with one attached hydrogen (secondary N) is 1. The molecule has 0 saturated heterocycles. The number of hydrogen-bond acceptors (Lipinski definition) is 2. The van der Waals surface area contributed by atoms with Crippen molar-refractivity contribution in [1.29, 1.82) is 0 Å². The third-order valence-corrected chi connectivity index (χ3v) is 5.49. The molecular weight excluding hydrogens is 372 g/mol. The van der Waals surface area contributed by atoms with E-state index in [1.165, 1.54) is 36.4 Å². The molecule has 6 heteroatoms. The fraction of sp³-hybridized carbons (Fsp3) is 0.304. The van der Waals surface area contributed by atoms with Crippen molar-refractivity contribution >= 4 is 11.6 Å². The molecule has 1 aliphatic heterocycles. The van der Waals surface area contributed by atoms with E-state index in [4.69, 9.17) is 0 Å². The molecule has 29 heavy (non-hydrogen) atoms. The smallest absolute Gasteiger partial charge is 0.225 e. The van der Waals surface area contributed by atoms with Gasteiger partial charge in [0.1, 0.15) is 17.5 Å². The van der Waals surface area contributed by atoms with Gasteiger partial charge in [-0.1, -0.05) is 12.1 Å². The van der Waals surface area contributed by atoms with E-state index >= 15 is 0 Å².